The van der Waals surface area contributed by atoms with Crippen molar-refractivity contribution in [1.29, 1.82) is 0 Å². The zero-order valence-corrected chi connectivity index (χ0v) is 18.9. The first-order valence-corrected chi connectivity index (χ1v) is 11.9. The van der Waals surface area contributed by atoms with Crippen molar-refractivity contribution in [3.8, 4) is 0 Å². The van der Waals surface area contributed by atoms with E-state index in [1.54, 1.807) is 0 Å². The predicted molar refractivity (Wildman–Crippen MR) is 119 cm³/mol. The molecule has 4 rings (SSSR count). The van der Waals surface area contributed by atoms with E-state index in [1.807, 2.05) is 48.5 Å². The maximum Gasteiger partial charge on any atom is 0.244 e. The molecule has 0 spiro atoms. The highest BCUT2D eigenvalue weighted by atomic mass is 79.9. The number of carbonyl (C=O) groups is 1. The van der Waals surface area contributed by atoms with Crippen LogP contribution >= 0.6 is 15.9 Å². The van der Waals surface area contributed by atoms with Crippen LogP contribution in [0.1, 0.15) is 16.7 Å². The summed E-state index contributed by atoms with van der Waals surface area (Å²) >= 11 is 3.38. The van der Waals surface area contributed by atoms with Crippen LogP contribution in [-0.4, -0.2) is 24.7 Å². The number of rotatable bonds is 5. The van der Waals surface area contributed by atoms with E-state index < -0.39 is 21.9 Å². The number of hydrogen-bond acceptors (Lipinski definition) is 3. The maximum atomic E-state index is 13.4. The molecule has 1 aliphatic heterocycles. The monoisotopic (exact) mass is 502 g/mol. The zero-order chi connectivity index (χ0) is 22.0. The van der Waals surface area contributed by atoms with Crippen molar-refractivity contribution >= 4 is 31.9 Å². The second-order valence-corrected chi connectivity index (χ2v) is 10.1. The van der Waals surface area contributed by atoms with Crippen LogP contribution < -0.4 is 5.32 Å². The average Bonchev–Trinajstić information content (AvgIpc) is 2.78. The minimum Gasteiger partial charge on any atom is -0.351 e. The molecule has 0 aliphatic carbocycles. The number of halogens is 2. The summed E-state index contributed by atoms with van der Waals surface area (Å²) in [6, 6.07) is 18.8. The molecule has 5 nitrogen and oxygen atoms in total. The second-order valence-electron chi connectivity index (χ2n) is 7.34. The molecule has 1 N–H and O–H groups in total. The molecule has 1 amide bonds. The van der Waals surface area contributed by atoms with Crippen molar-refractivity contribution in [2.24, 2.45) is 0 Å². The predicted octanol–water partition coefficient (Wildman–Crippen LogP) is 4.02. The van der Waals surface area contributed by atoms with Crippen LogP contribution in [0.2, 0.25) is 0 Å². The topological polar surface area (TPSA) is 66.5 Å². The molecular weight excluding hydrogens is 483 g/mol. The van der Waals surface area contributed by atoms with Gasteiger partial charge in [0.25, 0.3) is 0 Å². The van der Waals surface area contributed by atoms with Gasteiger partial charge in [0.1, 0.15) is 11.9 Å². The molecule has 160 valence electrons. The summed E-state index contributed by atoms with van der Waals surface area (Å²) in [7, 11) is -4.00. The molecule has 1 heterocycles. The third-order valence-corrected chi connectivity index (χ3v) is 7.71. The van der Waals surface area contributed by atoms with Gasteiger partial charge in [0.15, 0.2) is 0 Å². The summed E-state index contributed by atoms with van der Waals surface area (Å²) in [5.74, 6) is -0.894. The normalized spacial score (nSPS) is 16.5. The highest BCUT2D eigenvalue weighted by Crippen LogP contribution is 2.29. The summed E-state index contributed by atoms with van der Waals surface area (Å²) in [6.07, 6.45) is 0.267. The van der Waals surface area contributed by atoms with Crippen LogP contribution in [0.4, 0.5) is 4.39 Å². The third kappa shape index (κ3) is 4.71. The van der Waals surface area contributed by atoms with Gasteiger partial charge in [-0.2, -0.15) is 4.31 Å². The average molecular weight is 503 g/mol. The quantitative estimate of drug-likeness (QED) is 0.572. The van der Waals surface area contributed by atoms with Gasteiger partial charge in [-0.1, -0.05) is 52.3 Å². The van der Waals surface area contributed by atoms with Crippen LogP contribution in [-0.2, 0) is 34.3 Å². The molecule has 0 saturated heterocycles. The van der Waals surface area contributed by atoms with E-state index in [1.165, 1.54) is 16.4 Å². The number of hydrogen-bond donors (Lipinski definition) is 1. The summed E-state index contributed by atoms with van der Waals surface area (Å²) in [6.45, 7) is 0.362. The molecule has 0 radical (unpaired) electrons. The molecule has 3 aromatic carbocycles. The van der Waals surface area contributed by atoms with E-state index in [4.69, 9.17) is 0 Å². The second kappa shape index (κ2) is 8.90. The Morgan fingerprint density at radius 3 is 2.32 bits per heavy atom. The molecule has 1 unspecified atom stereocenters. The Hall–Kier alpha value is -2.55. The number of nitrogens with one attached hydrogen (secondary N) is 1. The lowest BCUT2D eigenvalue weighted by Gasteiger charge is -2.35. The highest BCUT2D eigenvalue weighted by Gasteiger charge is 2.39. The number of benzene rings is 3. The summed E-state index contributed by atoms with van der Waals surface area (Å²) < 4.78 is 42.2. The van der Waals surface area contributed by atoms with Gasteiger partial charge in [-0.3, -0.25) is 4.79 Å². The van der Waals surface area contributed by atoms with E-state index in [2.05, 4.69) is 21.2 Å². The minimum absolute atomic E-state index is 0.0426. The standard InChI is InChI=1S/C23H20BrFN2O3S/c24-19-7-5-16(6-8-19)14-26-23(28)22-13-17-3-1-2-4-18(17)15-27(22)31(29,30)21-11-9-20(25)10-12-21/h1-12,22H,13-15H2,(H,26,28). The van der Waals surface area contributed by atoms with Crippen LogP contribution in [0.5, 0.6) is 0 Å². The fourth-order valence-electron chi connectivity index (χ4n) is 3.63. The molecule has 0 fully saturated rings. The Bertz CT molecular complexity index is 1200. The molecule has 1 aliphatic rings. The van der Waals surface area contributed by atoms with Crippen LogP contribution in [0.15, 0.2) is 82.2 Å². The van der Waals surface area contributed by atoms with Crippen LogP contribution in [0.25, 0.3) is 0 Å². The van der Waals surface area contributed by atoms with Gasteiger partial charge in [0.05, 0.1) is 4.90 Å². The molecular formula is C23H20BrFN2O3S. The third-order valence-electron chi connectivity index (χ3n) is 5.31. The smallest absolute Gasteiger partial charge is 0.244 e. The van der Waals surface area contributed by atoms with E-state index in [9.17, 15) is 17.6 Å². The molecule has 8 heteroatoms. The minimum atomic E-state index is -4.00. The fraction of sp³-hybridized carbons (Fsp3) is 0.174. The van der Waals surface area contributed by atoms with E-state index in [0.717, 1.165) is 33.3 Å². The summed E-state index contributed by atoms with van der Waals surface area (Å²) in [5.41, 5.74) is 2.70. The first-order chi connectivity index (χ1) is 14.8. The Labute approximate surface area is 189 Å². The molecule has 31 heavy (non-hydrogen) atoms. The van der Waals surface area contributed by atoms with Crippen LogP contribution in [0.3, 0.4) is 0 Å². The van der Waals surface area contributed by atoms with Gasteiger partial charge < -0.3 is 5.32 Å². The molecule has 0 bridgehead atoms. The largest absolute Gasteiger partial charge is 0.351 e. The Morgan fingerprint density at radius 1 is 1.00 bits per heavy atom. The van der Waals surface area contributed by atoms with E-state index in [-0.39, 0.29) is 30.3 Å². The van der Waals surface area contributed by atoms with Crippen molar-refractivity contribution in [3.05, 3.63) is 99.8 Å². The van der Waals surface area contributed by atoms with Crippen LogP contribution in [0, 0.1) is 5.82 Å². The summed E-state index contributed by atoms with van der Waals surface area (Å²) in [4.78, 5) is 13.1. The van der Waals surface area contributed by atoms with Crippen molar-refractivity contribution in [3.63, 3.8) is 0 Å². The van der Waals surface area contributed by atoms with Gasteiger partial charge >= 0.3 is 0 Å². The van der Waals surface area contributed by atoms with Gasteiger partial charge in [-0.05, 0) is 59.5 Å². The number of amides is 1. The van der Waals surface area contributed by atoms with Gasteiger partial charge in [0, 0.05) is 17.6 Å². The van der Waals surface area contributed by atoms with Crippen molar-refractivity contribution in [2.75, 3.05) is 0 Å². The lowest BCUT2D eigenvalue weighted by Crippen LogP contribution is -2.52. The van der Waals surface area contributed by atoms with Gasteiger partial charge in [0.2, 0.25) is 15.9 Å². The highest BCUT2D eigenvalue weighted by molar-refractivity contribution is 9.10. The Balaban J connectivity index is 1.63. The number of nitrogens with zero attached hydrogens (tertiary/aromatic N) is 1. The Kier molecular flexibility index (Phi) is 6.22. The molecule has 0 aromatic heterocycles. The molecule has 0 saturated carbocycles. The summed E-state index contributed by atoms with van der Waals surface area (Å²) in [5, 5.41) is 2.86. The fourth-order valence-corrected chi connectivity index (χ4v) is 5.46. The van der Waals surface area contributed by atoms with Crippen molar-refractivity contribution < 1.29 is 17.6 Å². The lowest BCUT2D eigenvalue weighted by atomic mass is 9.95. The SMILES string of the molecule is O=C(NCc1ccc(Br)cc1)C1Cc2ccccc2CN1S(=O)(=O)c1ccc(F)cc1. The molecule has 1 atom stereocenters. The first-order valence-electron chi connectivity index (χ1n) is 9.71. The first kappa shape index (κ1) is 21.7. The molecule has 3 aromatic rings. The maximum absolute atomic E-state index is 13.4. The number of sulfonamides is 1. The zero-order valence-electron chi connectivity index (χ0n) is 16.5. The van der Waals surface area contributed by atoms with Gasteiger partial charge in [-0.25, -0.2) is 12.8 Å². The van der Waals surface area contributed by atoms with E-state index in [0.29, 0.717) is 0 Å². The van der Waals surface area contributed by atoms with Crippen molar-refractivity contribution in [1.82, 2.24) is 9.62 Å². The van der Waals surface area contributed by atoms with Crippen molar-refractivity contribution in [2.45, 2.75) is 30.4 Å². The van der Waals surface area contributed by atoms with E-state index >= 15 is 0 Å². The van der Waals surface area contributed by atoms with Gasteiger partial charge in [-0.15, -0.1) is 0 Å². The lowest BCUT2D eigenvalue weighted by molar-refractivity contribution is -0.125. The number of fused-ring (bicyclic) bond motifs is 1. The Morgan fingerprint density at radius 2 is 1.65 bits per heavy atom. The number of carbonyl (C=O) groups excluding carboxylic acids is 1.